The number of aldehydes is 1. The van der Waals surface area contributed by atoms with E-state index in [0.29, 0.717) is 12.8 Å². The lowest BCUT2D eigenvalue weighted by Crippen LogP contribution is -2.29. The molecular formula is C24H39N3O6. The van der Waals surface area contributed by atoms with Gasteiger partial charge in [-0.3, -0.25) is 9.36 Å². The van der Waals surface area contributed by atoms with Gasteiger partial charge in [0.2, 0.25) is 0 Å². The summed E-state index contributed by atoms with van der Waals surface area (Å²) in [5.41, 5.74) is 4.94. The molecule has 0 aromatic carbocycles. The zero-order valence-corrected chi connectivity index (χ0v) is 19.5. The molecule has 9 nitrogen and oxygen atoms in total. The van der Waals surface area contributed by atoms with Gasteiger partial charge in [-0.2, -0.15) is 4.98 Å². The van der Waals surface area contributed by atoms with Crippen LogP contribution in [0.4, 0.5) is 5.82 Å². The molecule has 3 atom stereocenters. The monoisotopic (exact) mass is 465 g/mol. The standard InChI is InChI=1S/C24H39N3O6/c25-21-14-15-27(24(31)26-21)22-17-19(29)20(33-22)18-32-23(30)13-11-9-7-5-3-1-2-4-6-8-10-12-16-28/h14-16,19-20,22,29H,1-13,17-18H2,(H2,25,26,31)/t19-,20+,22+/m0/s1. The molecule has 0 unspecified atom stereocenters. The van der Waals surface area contributed by atoms with Gasteiger partial charge in [0.25, 0.3) is 0 Å². The number of aromatic nitrogens is 2. The Morgan fingerprint density at radius 1 is 1.12 bits per heavy atom. The number of carbonyl (C=O) groups excluding carboxylic acids is 2. The summed E-state index contributed by atoms with van der Waals surface area (Å²) in [7, 11) is 0. The Balaban J connectivity index is 1.48. The van der Waals surface area contributed by atoms with E-state index in [9.17, 15) is 19.5 Å². The quantitative estimate of drug-likeness (QED) is 0.203. The summed E-state index contributed by atoms with van der Waals surface area (Å²) in [6.07, 6.45) is 14.0. The molecule has 33 heavy (non-hydrogen) atoms. The second kappa shape index (κ2) is 15.6. The summed E-state index contributed by atoms with van der Waals surface area (Å²) in [5, 5.41) is 10.2. The number of nitrogens with zero attached hydrogens (tertiary/aromatic N) is 2. The lowest BCUT2D eigenvalue weighted by molar-refractivity contribution is -0.150. The summed E-state index contributed by atoms with van der Waals surface area (Å²) in [6.45, 7) is -0.0389. The highest BCUT2D eigenvalue weighted by molar-refractivity contribution is 5.69. The van der Waals surface area contributed by atoms with Crippen molar-refractivity contribution in [2.75, 3.05) is 12.3 Å². The molecule has 0 saturated carbocycles. The van der Waals surface area contributed by atoms with E-state index in [1.54, 1.807) is 0 Å². The molecule has 0 spiro atoms. The topological polar surface area (TPSA) is 134 Å². The van der Waals surface area contributed by atoms with Gasteiger partial charge < -0.3 is 25.1 Å². The molecule has 1 aliphatic rings. The van der Waals surface area contributed by atoms with Crippen molar-refractivity contribution in [1.29, 1.82) is 0 Å². The minimum Gasteiger partial charge on any atom is -0.463 e. The minimum absolute atomic E-state index is 0.0389. The van der Waals surface area contributed by atoms with Crippen molar-refractivity contribution in [3.8, 4) is 0 Å². The molecule has 3 N–H and O–H groups in total. The molecule has 0 aliphatic carbocycles. The van der Waals surface area contributed by atoms with Crippen LogP contribution in [0.15, 0.2) is 17.1 Å². The highest BCUT2D eigenvalue weighted by atomic mass is 16.6. The number of esters is 1. The molecule has 1 saturated heterocycles. The van der Waals surface area contributed by atoms with Crippen LogP contribution in [0.2, 0.25) is 0 Å². The molecule has 186 valence electrons. The van der Waals surface area contributed by atoms with Crippen LogP contribution in [0.5, 0.6) is 0 Å². The molecule has 1 fully saturated rings. The van der Waals surface area contributed by atoms with Gasteiger partial charge >= 0.3 is 11.7 Å². The largest absolute Gasteiger partial charge is 0.463 e. The second-order valence-electron chi connectivity index (χ2n) is 8.75. The molecule has 2 rings (SSSR count). The third-order valence-electron chi connectivity index (χ3n) is 5.98. The van der Waals surface area contributed by atoms with Crippen LogP contribution >= 0.6 is 0 Å². The van der Waals surface area contributed by atoms with E-state index < -0.39 is 24.1 Å². The maximum atomic E-state index is 12.0. The van der Waals surface area contributed by atoms with Gasteiger partial charge in [0.1, 0.15) is 31.0 Å². The van der Waals surface area contributed by atoms with Crippen LogP contribution in [0.1, 0.15) is 96.1 Å². The molecule has 0 amide bonds. The Hall–Kier alpha value is -2.26. The van der Waals surface area contributed by atoms with Crippen molar-refractivity contribution in [2.45, 2.75) is 108 Å². The number of aliphatic hydroxyl groups is 1. The Kier molecular flexibility index (Phi) is 12.7. The van der Waals surface area contributed by atoms with Gasteiger partial charge in [-0.05, 0) is 18.9 Å². The fraction of sp³-hybridized carbons (Fsp3) is 0.750. The highest BCUT2D eigenvalue weighted by Gasteiger charge is 2.36. The van der Waals surface area contributed by atoms with Crippen molar-refractivity contribution in [3.05, 3.63) is 22.7 Å². The first-order valence-electron chi connectivity index (χ1n) is 12.3. The summed E-state index contributed by atoms with van der Waals surface area (Å²) < 4.78 is 12.2. The number of carbonyl (C=O) groups is 2. The fourth-order valence-electron chi connectivity index (χ4n) is 4.02. The van der Waals surface area contributed by atoms with Crippen molar-refractivity contribution < 1.29 is 24.2 Å². The number of nitrogens with two attached hydrogens (primary N) is 1. The van der Waals surface area contributed by atoms with Crippen molar-refractivity contribution in [1.82, 2.24) is 9.55 Å². The number of ether oxygens (including phenoxy) is 2. The van der Waals surface area contributed by atoms with Gasteiger partial charge in [-0.25, -0.2) is 4.79 Å². The smallest absolute Gasteiger partial charge is 0.351 e. The first-order valence-corrected chi connectivity index (χ1v) is 12.3. The Morgan fingerprint density at radius 3 is 2.33 bits per heavy atom. The van der Waals surface area contributed by atoms with E-state index in [-0.39, 0.29) is 24.8 Å². The van der Waals surface area contributed by atoms with Crippen LogP contribution in [0.25, 0.3) is 0 Å². The van der Waals surface area contributed by atoms with E-state index in [2.05, 4.69) is 4.98 Å². The molecule has 9 heteroatoms. The molecular weight excluding hydrogens is 426 g/mol. The van der Waals surface area contributed by atoms with Crippen LogP contribution in [-0.4, -0.2) is 45.7 Å². The summed E-state index contributed by atoms with van der Waals surface area (Å²) in [6, 6.07) is 1.49. The first kappa shape index (κ1) is 27.0. The molecule has 1 aliphatic heterocycles. The molecule has 0 radical (unpaired) electrons. The SMILES string of the molecule is Nc1ccn([C@H]2C[C@H](O)[C@@H](COC(=O)CCCCCCCCCCCCCC=O)O2)c(=O)n1. The molecule has 2 heterocycles. The average Bonchev–Trinajstić information content (AvgIpc) is 3.15. The maximum Gasteiger partial charge on any atom is 0.351 e. The van der Waals surface area contributed by atoms with Crippen LogP contribution in [0, 0.1) is 0 Å². The molecule has 0 bridgehead atoms. The summed E-state index contributed by atoms with van der Waals surface area (Å²) in [4.78, 5) is 37.8. The van der Waals surface area contributed by atoms with E-state index in [0.717, 1.165) is 38.4 Å². The van der Waals surface area contributed by atoms with Gasteiger partial charge in [-0.15, -0.1) is 0 Å². The lowest BCUT2D eigenvalue weighted by atomic mass is 10.0. The Labute approximate surface area is 195 Å². The van der Waals surface area contributed by atoms with E-state index in [4.69, 9.17) is 15.2 Å². The van der Waals surface area contributed by atoms with Gasteiger partial charge in [0.05, 0.1) is 6.10 Å². The predicted molar refractivity (Wildman–Crippen MR) is 124 cm³/mol. The van der Waals surface area contributed by atoms with E-state index in [1.807, 2.05) is 0 Å². The number of anilines is 1. The van der Waals surface area contributed by atoms with Crippen molar-refractivity contribution in [2.24, 2.45) is 0 Å². The normalized spacial score (nSPS) is 20.1. The Morgan fingerprint density at radius 2 is 1.73 bits per heavy atom. The number of aliphatic hydroxyl groups excluding tert-OH is 1. The lowest BCUT2D eigenvalue weighted by Gasteiger charge is -2.16. The number of rotatable bonds is 17. The predicted octanol–water partition coefficient (Wildman–Crippen LogP) is 3.29. The Bertz CT molecular complexity index is 769. The zero-order valence-electron chi connectivity index (χ0n) is 19.5. The highest BCUT2D eigenvalue weighted by Crippen LogP contribution is 2.28. The third-order valence-corrected chi connectivity index (χ3v) is 5.98. The minimum atomic E-state index is -0.830. The van der Waals surface area contributed by atoms with Gasteiger partial charge in [-0.1, -0.05) is 57.8 Å². The van der Waals surface area contributed by atoms with E-state index >= 15 is 0 Å². The van der Waals surface area contributed by atoms with Crippen molar-refractivity contribution >= 4 is 18.1 Å². The second-order valence-corrected chi connectivity index (χ2v) is 8.75. The van der Waals surface area contributed by atoms with Gasteiger partial charge in [0.15, 0.2) is 0 Å². The number of hydrogen-bond acceptors (Lipinski definition) is 8. The summed E-state index contributed by atoms with van der Waals surface area (Å²) >= 11 is 0. The van der Waals surface area contributed by atoms with E-state index in [1.165, 1.54) is 55.4 Å². The molecule has 1 aromatic heterocycles. The number of nitrogen functional groups attached to an aromatic ring is 1. The maximum absolute atomic E-state index is 12.0. The number of hydrogen-bond donors (Lipinski definition) is 2. The average molecular weight is 466 g/mol. The van der Waals surface area contributed by atoms with Gasteiger partial charge in [0, 0.05) is 25.5 Å². The third kappa shape index (κ3) is 10.5. The van der Waals surface area contributed by atoms with Crippen molar-refractivity contribution in [3.63, 3.8) is 0 Å². The van der Waals surface area contributed by atoms with Crippen LogP contribution < -0.4 is 11.4 Å². The van der Waals surface area contributed by atoms with Crippen LogP contribution in [0.3, 0.4) is 0 Å². The fourth-order valence-corrected chi connectivity index (χ4v) is 4.02. The first-order chi connectivity index (χ1) is 16.0. The molecule has 1 aromatic rings. The zero-order chi connectivity index (χ0) is 23.9. The number of unbranched alkanes of at least 4 members (excludes halogenated alkanes) is 11. The van der Waals surface area contributed by atoms with Crippen LogP contribution in [-0.2, 0) is 19.1 Å². The summed E-state index contributed by atoms with van der Waals surface area (Å²) in [5.74, 6) is -0.172.